The number of hydrogen-bond donors (Lipinski definition) is 3. The second-order valence-electron chi connectivity index (χ2n) is 5.05. The van der Waals surface area contributed by atoms with Crippen molar-refractivity contribution in [2.75, 3.05) is 12.8 Å². The first-order valence-electron chi connectivity index (χ1n) is 7.06. The average molecular weight is 441 g/mol. The number of halogens is 1. The summed E-state index contributed by atoms with van der Waals surface area (Å²) in [7, 11) is 1.37. The maximum atomic E-state index is 11.4. The molecule has 0 amide bonds. The number of nitrogens with two attached hydrogens (primary N) is 1. The van der Waals surface area contributed by atoms with E-state index in [-0.39, 0.29) is 18.4 Å². The van der Waals surface area contributed by atoms with E-state index < -0.39 is 21.5 Å². The number of methoxy groups -OCH3 is 1. The molecule has 0 aliphatic rings. The number of aromatic hydroxyl groups is 1. The van der Waals surface area contributed by atoms with Crippen LogP contribution in [-0.4, -0.2) is 33.1 Å². The van der Waals surface area contributed by atoms with E-state index in [0.717, 1.165) is 9.13 Å². The van der Waals surface area contributed by atoms with Crippen LogP contribution < -0.4 is 30.0 Å². The third kappa shape index (κ3) is 3.25. The number of carbonyl (C=O) groups excluding carboxylic acids is 1. The molecular weight excluding hydrogens is 425 g/mol. The number of nitrogens with one attached hydrogen (secondary N) is 1. The number of anilines is 1. The molecule has 2 aromatic heterocycles. The third-order valence-electron chi connectivity index (χ3n) is 3.29. The van der Waals surface area contributed by atoms with Crippen molar-refractivity contribution in [1.29, 1.82) is 0 Å². The number of carbonyl (C=O) groups is 1. The number of benzene rings is 1. The fraction of sp³-hybridized carbons (Fsp3) is 0.200. The number of imidazole rings is 1. The number of aromatic amines is 1. The van der Waals surface area contributed by atoms with Gasteiger partial charge in [-0.3, -0.25) is 0 Å². The molecule has 1 aromatic carbocycles. The Kier molecular flexibility index (Phi) is 4.51. The monoisotopic (exact) mass is 441 g/mol. The molecule has 2 heterocycles. The first-order chi connectivity index (χ1) is 11.5. The number of rotatable bonds is 4. The molecular formula is C15H16IN5O3. The van der Waals surface area contributed by atoms with Crippen LogP contribution in [0.2, 0.25) is 0 Å². The van der Waals surface area contributed by atoms with Crippen LogP contribution in [0.25, 0.3) is 11.2 Å². The predicted octanol–water partition coefficient (Wildman–Crippen LogP) is -2.72. The number of aromatic nitrogens is 4. The van der Waals surface area contributed by atoms with Crippen molar-refractivity contribution in [3.63, 3.8) is 0 Å². The zero-order valence-electron chi connectivity index (χ0n) is 13.1. The molecule has 0 bridgehead atoms. The molecule has 3 aromatic rings. The molecule has 0 unspecified atom stereocenters. The van der Waals surface area contributed by atoms with E-state index >= 15 is 0 Å². The van der Waals surface area contributed by atoms with E-state index in [1.54, 1.807) is 9.70 Å². The Morgan fingerprint density at radius 1 is 1.46 bits per heavy atom. The Balaban J connectivity index is 1.97. The number of fused-ring (bicyclic) bond motifs is 1. The minimum atomic E-state index is -0.793. The number of H-pyrrole nitrogens is 1. The summed E-state index contributed by atoms with van der Waals surface area (Å²) in [4.78, 5) is 22.7. The summed E-state index contributed by atoms with van der Waals surface area (Å²) in [6.45, 7) is 1.75. The molecule has 0 aliphatic heterocycles. The van der Waals surface area contributed by atoms with Gasteiger partial charge in [-0.1, -0.05) is 0 Å². The van der Waals surface area contributed by atoms with Gasteiger partial charge in [-0.2, -0.15) is 0 Å². The number of ether oxygens (including phenoxy) is 1. The average Bonchev–Trinajstić information content (AvgIpc) is 2.84. The van der Waals surface area contributed by atoms with Gasteiger partial charge >= 0.3 is 148 Å². The summed E-state index contributed by atoms with van der Waals surface area (Å²) in [5.74, 6) is 0.551. The van der Waals surface area contributed by atoms with Crippen LogP contribution in [0.3, 0.4) is 0 Å². The topological polar surface area (TPSA) is 118 Å². The number of hydrogen-bond acceptors (Lipinski definition) is 6. The standard InChI is InChI=1S/C15H16IN5O3/c1-8-18-13(17)12-14(19-8)21(15(23)20-12)16-10-5-3-4-9(6-10)7-11(22)24-2/h3-6,20,23H,7H2,1-2H3,(H2,17,18,19). The fourth-order valence-electron chi connectivity index (χ4n) is 2.22. The van der Waals surface area contributed by atoms with Crippen LogP contribution >= 0.6 is 0 Å². The number of nitrogen functional groups attached to an aromatic ring is 1. The van der Waals surface area contributed by atoms with Gasteiger partial charge in [0.15, 0.2) is 0 Å². The summed E-state index contributed by atoms with van der Waals surface area (Å²) < 4.78 is 7.43. The van der Waals surface area contributed by atoms with Gasteiger partial charge in [-0.15, -0.1) is 0 Å². The van der Waals surface area contributed by atoms with Gasteiger partial charge in [0.25, 0.3) is 0 Å². The SMILES string of the molecule is COC(=O)Cc1cccc([I-][n+]2c(O)[nH]c3c(N)nc(C)nc32)c1. The van der Waals surface area contributed by atoms with Gasteiger partial charge in [-0.25, -0.2) is 0 Å². The molecule has 8 nitrogen and oxygen atoms in total. The maximum absolute atomic E-state index is 11.4. The van der Waals surface area contributed by atoms with Crippen molar-refractivity contribution in [2.45, 2.75) is 13.3 Å². The molecule has 0 saturated carbocycles. The van der Waals surface area contributed by atoms with Crippen molar-refractivity contribution in [3.8, 4) is 6.01 Å². The van der Waals surface area contributed by atoms with Crippen molar-refractivity contribution >= 4 is 23.0 Å². The molecule has 0 aliphatic carbocycles. The Bertz CT molecular complexity index is 925. The van der Waals surface area contributed by atoms with E-state index in [1.165, 1.54) is 7.11 Å². The summed E-state index contributed by atoms with van der Waals surface area (Å²) in [6.07, 6.45) is 0.215. The van der Waals surface area contributed by atoms with Gasteiger partial charge in [-0.05, 0) is 0 Å². The molecule has 0 spiro atoms. The van der Waals surface area contributed by atoms with Crippen molar-refractivity contribution in [2.24, 2.45) is 0 Å². The molecule has 24 heavy (non-hydrogen) atoms. The zero-order valence-corrected chi connectivity index (χ0v) is 15.2. The van der Waals surface area contributed by atoms with Gasteiger partial charge in [0.2, 0.25) is 0 Å². The van der Waals surface area contributed by atoms with Crippen LogP contribution in [-0.2, 0) is 16.0 Å². The third-order valence-corrected chi connectivity index (χ3v) is 5.91. The Labute approximate surface area is 148 Å². The molecule has 4 N–H and O–H groups in total. The van der Waals surface area contributed by atoms with Crippen LogP contribution in [0.1, 0.15) is 11.4 Å². The van der Waals surface area contributed by atoms with E-state index in [4.69, 9.17) is 10.5 Å². The summed E-state index contributed by atoms with van der Waals surface area (Å²) in [5.41, 5.74) is 7.84. The second kappa shape index (κ2) is 6.59. The van der Waals surface area contributed by atoms with Crippen LogP contribution in [0, 0.1) is 10.5 Å². The molecule has 126 valence electrons. The normalized spacial score (nSPS) is 11.1. The molecule has 0 fully saturated rings. The van der Waals surface area contributed by atoms with E-state index in [2.05, 4.69) is 15.0 Å². The van der Waals surface area contributed by atoms with Gasteiger partial charge < -0.3 is 0 Å². The Morgan fingerprint density at radius 3 is 3.00 bits per heavy atom. The second-order valence-corrected chi connectivity index (χ2v) is 7.74. The molecule has 0 atom stereocenters. The molecule has 9 heteroatoms. The van der Waals surface area contributed by atoms with E-state index in [1.807, 2.05) is 24.3 Å². The summed E-state index contributed by atoms with van der Waals surface area (Å²) in [5, 5.41) is 10.2. The first-order valence-corrected chi connectivity index (χ1v) is 9.10. The van der Waals surface area contributed by atoms with E-state index in [9.17, 15) is 9.90 Å². The van der Waals surface area contributed by atoms with Crippen LogP contribution in [0.5, 0.6) is 6.01 Å². The quantitative estimate of drug-likeness (QED) is 0.299. The number of nitrogens with zero attached hydrogens (tertiary/aromatic N) is 3. The van der Waals surface area contributed by atoms with Crippen molar-refractivity contribution in [1.82, 2.24) is 15.0 Å². The van der Waals surface area contributed by atoms with Crippen LogP contribution in [0.15, 0.2) is 24.3 Å². The molecule has 3 rings (SSSR count). The van der Waals surface area contributed by atoms with Gasteiger partial charge in [0.05, 0.1) is 0 Å². The fourth-order valence-corrected chi connectivity index (χ4v) is 4.61. The number of aryl methyl sites for hydroxylation is 1. The first kappa shape index (κ1) is 16.4. The predicted molar refractivity (Wildman–Crippen MR) is 81.2 cm³/mol. The zero-order chi connectivity index (χ0) is 17.3. The van der Waals surface area contributed by atoms with E-state index in [0.29, 0.717) is 22.8 Å². The minimum absolute atomic E-state index is 0.0113. The Morgan fingerprint density at radius 2 is 2.25 bits per heavy atom. The number of esters is 1. The van der Waals surface area contributed by atoms with Crippen molar-refractivity contribution < 1.29 is 38.9 Å². The summed E-state index contributed by atoms with van der Waals surface area (Å²) >= 11 is -0.793. The van der Waals surface area contributed by atoms with Gasteiger partial charge in [0.1, 0.15) is 0 Å². The molecule has 0 saturated heterocycles. The Hall–Kier alpha value is -2.43. The van der Waals surface area contributed by atoms with Crippen LogP contribution in [0.4, 0.5) is 5.82 Å². The van der Waals surface area contributed by atoms with Gasteiger partial charge in [0, 0.05) is 0 Å². The summed E-state index contributed by atoms with van der Waals surface area (Å²) in [6, 6.07) is 7.63. The molecule has 0 radical (unpaired) electrons. The van der Waals surface area contributed by atoms with Crippen molar-refractivity contribution in [3.05, 3.63) is 39.2 Å².